The van der Waals surface area contributed by atoms with Gasteiger partial charge in [0.15, 0.2) is 40.3 Å². The van der Waals surface area contributed by atoms with Gasteiger partial charge in [-0.2, -0.15) is 0 Å². The molecule has 0 unspecified atom stereocenters. The van der Waals surface area contributed by atoms with Crippen molar-refractivity contribution < 1.29 is 42.7 Å². The molecule has 0 amide bonds. The fourth-order valence-electron chi connectivity index (χ4n) is 5.39. The Hall–Kier alpha value is -4.27. The molecule has 3 aromatic rings. The van der Waals surface area contributed by atoms with E-state index in [4.69, 9.17) is 37.9 Å². The smallest absolute Gasteiger partial charge is 0.203 e. The first kappa shape index (κ1) is 28.7. The average molecular weight is 553 g/mol. The van der Waals surface area contributed by atoms with E-state index in [0.717, 1.165) is 5.56 Å². The zero-order valence-electron chi connectivity index (χ0n) is 24.4. The van der Waals surface area contributed by atoms with Crippen molar-refractivity contribution in [2.24, 2.45) is 0 Å². The molecular formula is C31H36O9. The van der Waals surface area contributed by atoms with Gasteiger partial charge in [0.05, 0.1) is 61.8 Å². The SMILES string of the molecule is COc1ccc([C@@H]2c3c(cc(OC)c(OC)c3OC)C(=O)[C@H]2c2cc(OC)c(OC)c(OC)c2)cc1OC(C)C. The Morgan fingerprint density at radius 3 is 1.57 bits per heavy atom. The summed E-state index contributed by atoms with van der Waals surface area (Å²) in [7, 11) is 10.8. The lowest BCUT2D eigenvalue weighted by atomic mass is 9.80. The minimum absolute atomic E-state index is 0.0913. The van der Waals surface area contributed by atoms with Crippen molar-refractivity contribution in [3.63, 3.8) is 0 Å². The zero-order chi connectivity index (χ0) is 29.1. The van der Waals surface area contributed by atoms with E-state index < -0.39 is 11.8 Å². The fraction of sp³-hybridized carbons (Fsp3) is 0.387. The minimum atomic E-state index is -0.672. The number of ether oxygens (including phenoxy) is 8. The first-order chi connectivity index (χ1) is 19.3. The van der Waals surface area contributed by atoms with E-state index in [1.54, 1.807) is 46.6 Å². The lowest BCUT2D eigenvalue weighted by molar-refractivity contribution is 0.0967. The van der Waals surface area contributed by atoms with Gasteiger partial charge in [0.2, 0.25) is 11.5 Å². The maximum absolute atomic E-state index is 14.3. The quantitative estimate of drug-likeness (QED) is 0.299. The number of hydrogen-bond donors (Lipinski definition) is 0. The summed E-state index contributed by atoms with van der Waals surface area (Å²) in [5, 5.41) is 0. The third-order valence-electron chi connectivity index (χ3n) is 7.02. The van der Waals surface area contributed by atoms with E-state index in [-0.39, 0.29) is 11.9 Å². The van der Waals surface area contributed by atoms with Crippen LogP contribution in [-0.4, -0.2) is 61.7 Å². The van der Waals surface area contributed by atoms with Crippen LogP contribution in [0.25, 0.3) is 0 Å². The molecule has 9 heteroatoms. The van der Waals surface area contributed by atoms with Gasteiger partial charge in [-0.05, 0) is 55.3 Å². The van der Waals surface area contributed by atoms with E-state index in [2.05, 4.69) is 0 Å². The van der Waals surface area contributed by atoms with E-state index >= 15 is 0 Å². The molecule has 0 bridgehead atoms. The highest BCUT2D eigenvalue weighted by atomic mass is 16.5. The van der Waals surface area contributed by atoms with Gasteiger partial charge in [-0.15, -0.1) is 0 Å². The Morgan fingerprint density at radius 1 is 0.550 bits per heavy atom. The topological polar surface area (TPSA) is 90.9 Å². The molecule has 0 radical (unpaired) electrons. The number of ketones is 1. The van der Waals surface area contributed by atoms with Gasteiger partial charge in [0.25, 0.3) is 0 Å². The Labute approximate surface area is 234 Å². The molecule has 9 nitrogen and oxygen atoms in total. The first-order valence-corrected chi connectivity index (χ1v) is 12.8. The lowest BCUT2D eigenvalue weighted by Gasteiger charge is -2.25. The van der Waals surface area contributed by atoms with Crippen molar-refractivity contribution in [1.29, 1.82) is 0 Å². The predicted molar refractivity (Wildman–Crippen MR) is 150 cm³/mol. The third kappa shape index (κ3) is 4.80. The van der Waals surface area contributed by atoms with Gasteiger partial charge in [-0.1, -0.05) is 6.07 Å². The van der Waals surface area contributed by atoms with Crippen LogP contribution in [0, 0.1) is 0 Å². The molecule has 3 aromatic carbocycles. The van der Waals surface area contributed by atoms with Crippen LogP contribution in [0.15, 0.2) is 36.4 Å². The number of carbonyl (C=O) groups excluding carboxylic acids is 1. The third-order valence-corrected chi connectivity index (χ3v) is 7.02. The number of hydrogen-bond acceptors (Lipinski definition) is 9. The van der Waals surface area contributed by atoms with Crippen LogP contribution >= 0.6 is 0 Å². The predicted octanol–water partition coefficient (Wildman–Crippen LogP) is 5.65. The summed E-state index contributed by atoms with van der Waals surface area (Å²) in [6.45, 7) is 3.89. The summed E-state index contributed by atoms with van der Waals surface area (Å²) in [6, 6.07) is 11.0. The van der Waals surface area contributed by atoms with Crippen LogP contribution in [-0.2, 0) is 0 Å². The van der Waals surface area contributed by atoms with Crippen LogP contribution in [0.5, 0.6) is 46.0 Å². The first-order valence-electron chi connectivity index (χ1n) is 12.8. The van der Waals surface area contributed by atoms with Crippen LogP contribution in [0.2, 0.25) is 0 Å². The molecule has 40 heavy (non-hydrogen) atoms. The number of benzene rings is 3. The molecular weight excluding hydrogens is 516 g/mol. The van der Waals surface area contributed by atoms with Crippen molar-refractivity contribution in [2.75, 3.05) is 49.8 Å². The van der Waals surface area contributed by atoms with Crippen molar-refractivity contribution in [2.45, 2.75) is 31.8 Å². The fourth-order valence-corrected chi connectivity index (χ4v) is 5.39. The number of fused-ring (bicyclic) bond motifs is 1. The number of methoxy groups -OCH3 is 7. The molecule has 0 aliphatic heterocycles. The van der Waals surface area contributed by atoms with Crippen LogP contribution in [0.4, 0.5) is 0 Å². The van der Waals surface area contributed by atoms with Gasteiger partial charge in [0.1, 0.15) is 0 Å². The van der Waals surface area contributed by atoms with Crippen LogP contribution < -0.4 is 37.9 Å². The molecule has 1 aliphatic rings. The Morgan fingerprint density at radius 2 is 1.07 bits per heavy atom. The summed E-state index contributed by atoms with van der Waals surface area (Å²) < 4.78 is 45.6. The van der Waals surface area contributed by atoms with Gasteiger partial charge < -0.3 is 37.9 Å². The molecule has 0 fully saturated rings. The van der Waals surface area contributed by atoms with Gasteiger partial charge in [-0.3, -0.25) is 4.79 Å². The molecule has 0 aromatic heterocycles. The van der Waals surface area contributed by atoms with Crippen molar-refractivity contribution in [3.05, 3.63) is 58.7 Å². The molecule has 0 saturated heterocycles. The number of Topliss-reactive ketones (excluding diaryl/α,β-unsaturated/α-hetero) is 1. The summed E-state index contributed by atoms with van der Waals surface area (Å²) in [4.78, 5) is 14.3. The summed E-state index contributed by atoms with van der Waals surface area (Å²) in [5.74, 6) is 2.43. The Bertz CT molecular complexity index is 1370. The van der Waals surface area contributed by atoms with Crippen molar-refractivity contribution in [3.8, 4) is 46.0 Å². The lowest BCUT2D eigenvalue weighted by Crippen LogP contribution is -2.15. The van der Waals surface area contributed by atoms with Crippen LogP contribution in [0.1, 0.15) is 52.7 Å². The summed E-state index contributed by atoms with van der Waals surface area (Å²) >= 11 is 0. The second-order valence-electron chi connectivity index (χ2n) is 9.46. The molecule has 0 saturated carbocycles. The summed E-state index contributed by atoms with van der Waals surface area (Å²) in [5.41, 5.74) is 2.67. The second-order valence-corrected chi connectivity index (χ2v) is 9.46. The molecule has 0 heterocycles. The van der Waals surface area contributed by atoms with Gasteiger partial charge in [-0.25, -0.2) is 0 Å². The monoisotopic (exact) mass is 552 g/mol. The maximum Gasteiger partial charge on any atom is 0.203 e. The van der Waals surface area contributed by atoms with E-state index in [0.29, 0.717) is 62.7 Å². The van der Waals surface area contributed by atoms with E-state index in [9.17, 15) is 4.79 Å². The largest absolute Gasteiger partial charge is 0.493 e. The Kier molecular flexibility index (Phi) is 8.52. The molecule has 1 aliphatic carbocycles. The standard InChI is InChI=1S/C31H36O9/c1-16(2)40-21-12-17(10-11-20(21)33-3)25-26(18-13-22(34-4)29(37-7)23(14-18)35-5)28(32)19-15-24(36-6)30(38-8)31(39-9)27(19)25/h10-16,25-26H,1-9H3/t25-,26-/m0/s1. The summed E-state index contributed by atoms with van der Waals surface area (Å²) in [6.07, 6.45) is -0.0913. The molecule has 214 valence electrons. The molecule has 2 atom stereocenters. The Balaban J connectivity index is 2.06. The highest BCUT2D eigenvalue weighted by Crippen LogP contribution is 2.57. The molecule has 4 rings (SSSR count). The van der Waals surface area contributed by atoms with E-state index in [1.807, 2.05) is 32.0 Å². The highest BCUT2D eigenvalue weighted by Gasteiger charge is 2.46. The second kappa shape index (κ2) is 11.9. The highest BCUT2D eigenvalue weighted by molar-refractivity contribution is 6.08. The van der Waals surface area contributed by atoms with Crippen LogP contribution in [0.3, 0.4) is 0 Å². The van der Waals surface area contributed by atoms with Crippen molar-refractivity contribution in [1.82, 2.24) is 0 Å². The minimum Gasteiger partial charge on any atom is -0.493 e. The van der Waals surface area contributed by atoms with Gasteiger partial charge in [0, 0.05) is 17.0 Å². The number of rotatable bonds is 11. The average Bonchev–Trinajstić information content (AvgIpc) is 3.26. The van der Waals surface area contributed by atoms with Crippen molar-refractivity contribution >= 4 is 5.78 Å². The zero-order valence-corrected chi connectivity index (χ0v) is 24.4. The molecule has 0 spiro atoms. The molecule has 0 N–H and O–H groups in total. The van der Waals surface area contributed by atoms with Gasteiger partial charge >= 0.3 is 0 Å². The maximum atomic E-state index is 14.3. The normalized spacial score (nSPS) is 15.9. The number of carbonyl (C=O) groups is 1. The van der Waals surface area contributed by atoms with E-state index in [1.165, 1.54) is 21.3 Å².